The maximum absolute atomic E-state index is 12.6. The molecule has 0 fully saturated rings. The maximum atomic E-state index is 12.6. The Hall–Kier alpha value is -2.35. The fourth-order valence-corrected chi connectivity index (χ4v) is 3.81. The van der Waals surface area contributed by atoms with Crippen LogP contribution in [-0.2, 0) is 10.2 Å². The second-order valence-electron chi connectivity index (χ2n) is 5.62. The highest BCUT2D eigenvalue weighted by atomic mass is 35.5. The van der Waals surface area contributed by atoms with Crippen LogP contribution in [0, 0.1) is 0 Å². The molecule has 0 spiro atoms. The number of anilines is 1. The van der Waals surface area contributed by atoms with Gasteiger partial charge in [-0.2, -0.15) is 16.7 Å². The van der Waals surface area contributed by atoms with Crippen molar-refractivity contribution in [3.8, 4) is 0 Å². The lowest BCUT2D eigenvalue weighted by atomic mass is 9.99. The minimum Gasteiger partial charge on any atom is -0.368 e. The SMILES string of the molecule is CN(C)S(=O)(=O)n1c(N)nc2ccc(/C(=C/Cl)c3ccccc3)cc21. The second-order valence-corrected chi connectivity index (χ2v) is 7.83. The molecule has 2 aromatic carbocycles. The van der Waals surface area contributed by atoms with Gasteiger partial charge in [0.15, 0.2) is 0 Å². The molecule has 1 heterocycles. The molecule has 8 heteroatoms. The number of hydrogen-bond acceptors (Lipinski definition) is 4. The van der Waals surface area contributed by atoms with Gasteiger partial charge in [-0.05, 0) is 23.3 Å². The van der Waals surface area contributed by atoms with Crippen LogP contribution in [0.3, 0.4) is 0 Å². The van der Waals surface area contributed by atoms with Crippen molar-refractivity contribution in [2.45, 2.75) is 0 Å². The number of imidazole rings is 1. The summed E-state index contributed by atoms with van der Waals surface area (Å²) >= 11 is 6.04. The molecule has 0 aliphatic heterocycles. The largest absolute Gasteiger partial charge is 0.368 e. The molecule has 0 bridgehead atoms. The van der Waals surface area contributed by atoms with Crippen LogP contribution in [-0.4, -0.2) is 35.8 Å². The molecule has 0 saturated heterocycles. The van der Waals surface area contributed by atoms with Crippen LogP contribution in [0.1, 0.15) is 11.1 Å². The molecule has 2 N–H and O–H groups in total. The van der Waals surface area contributed by atoms with Gasteiger partial charge < -0.3 is 5.73 Å². The molecule has 0 amide bonds. The van der Waals surface area contributed by atoms with Gasteiger partial charge in [0, 0.05) is 25.2 Å². The molecular weight excluding hydrogens is 360 g/mol. The van der Waals surface area contributed by atoms with E-state index >= 15 is 0 Å². The Labute approximate surface area is 151 Å². The Bertz CT molecular complexity index is 1060. The molecule has 130 valence electrons. The number of benzene rings is 2. The van der Waals surface area contributed by atoms with Crippen molar-refractivity contribution < 1.29 is 8.42 Å². The quantitative estimate of drug-likeness (QED) is 0.759. The van der Waals surface area contributed by atoms with Crippen LogP contribution in [0.25, 0.3) is 16.6 Å². The van der Waals surface area contributed by atoms with E-state index in [4.69, 9.17) is 17.3 Å². The lowest BCUT2D eigenvalue weighted by Gasteiger charge is -2.14. The lowest BCUT2D eigenvalue weighted by Crippen LogP contribution is -2.29. The summed E-state index contributed by atoms with van der Waals surface area (Å²) in [5.41, 5.74) is 10.7. The molecule has 0 radical (unpaired) electrons. The molecule has 0 unspecified atom stereocenters. The summed E-state index contributed by atoms with van der Waals surface area (Å²) in [6, 6.07) is 14.9. The van der Waals surface area contributed by atoms with Crippen molar-refractivity contribution in [3.05, 3.63) is 65.2 Å². The van der Waals surface area contributed by atoms with Gasteiger partial charge in [-0.25, -0.2) is 4.98 Å². The fraction of sp³-hybridized carbons (Fsp3) is 0.118. The van der Waals surface area contributed by atoms with Crippen molar-refractivity contribution in [1.82, 2.24) is 13.3 Å². The van der Waals surface area contributed by atoms with Crippen LogP contribution in [0.4, 0.5) is 5.95 Å². The first-order chi connectivity index (χ1) is 11.9. The van der Waals surface area contributed by atoms with E-state index < -0.39 is 10.2 Å². The topological polar surface area (TPSA) is 81.2 Å². The Morgan fingerprint density at radius 2 is 1.84 bits per heavy atom. The van der Waals surface area contributed by atoms with Crippen molar-refractivity contribution in [1.29, 1.82) is 0 Å². The molecule has 0 atom stereocenters. The number of nitrogens with two attached hydrogens (primary N) is 1. The zero-order chi connectivity index (χ0) is 18.2. The number of nitrogens with zero attached hydrogens (tertiary/aromatic N) is 3. The maximum Gasteiger partial charge on any atom is 0.310 e. The molecule has 25 heavy (non-hydrogen) atoms. The predicted molar refractivity (Wildman–Crippen MR) is 102 cm³/mol. The highest BCUT2D eigenvalue weighted by Crippen LogP contribution is 2.29. The zero-order valence-electron chi connectivity index (χ0n) is 13.7. The summed E-state index contributed by atoms with van der Waals surface area (Å²) in [6.45, 7) is 0. The minimum absolute atomic E-state index is 0.0861. The lowest BCUT2D eigenvalue weighted by molar-refractivity contribution is 0.513. The molecule has 1 aromatic heterocycles. The van der Waals surface area contributed by atoms with Crippen LogP contribution < -0.4 is 5.73 Å². The standard InChI is InChI=1S/C17H17ClN4O2S/c1-21(2)25(23,24)22-16-10-13(8-9-15(16)20-17(22)19)14(11-18)12-6-4-3-5-7-12/h3-11H,1-2H3,(H2,19,20)/b14-11+. The third-order valence-electron chi connectivity index (χ3n) is 3.83. The van der Waals surface area contributed by atoms with Gasteiger partial charge in [0.25, 0.3) is 0 Å². The van der Waals surface area contributed by atoms with Gasteiger partial charge >= 0.3 is 10.2 Å². The van der Waals surface area contributed by atoms with Crippen molar-refractivity contribution in [2.75, 3.05) is 19.8 Å². The normalized spacial score (nSPS) is 12.9. The summed E-state index contributed by atoms with van der Waals surface area (Å²) in [4.78, 5) is 4.14. The molecule has 6 nitrogen and oxygen atoms in total. The van der Waals surface area contributed by atoms with Crippen LogP contribution in [0.15, 0.2) is 54.1 Å². The van der Waals surface area contributed by atoms with Gasteiger partial charge in [-0.3, -0.25) is 0 Å². The van der Waals surface area contributed by atoms with E-state index in [0.29, 0.717) is 11.0 Å². The van der Waals surface area contributed by atoms with Crippen LogP contribution in [0.2, 0.25) is 0 Å². The first kappa shape index (κ1) is 17.5. The average Bonchev–Trinajstić information content (AvgIpc) is 2.92. The number of fused-ring (bicyclic) bond motifs is 1. The highest BCUT2D eigenvalue weighted by Gasteiger charge is 2.23. The van der Waals surface area contributed by atoms with E-state index in [1.165, 1.54) is 19.6 Å². The van der Waals surface area contributed by atoms with Gasteiger partial charge in [0.2, 0.25) is 5.95 Å². The zero-order valence-corrected chi connectivity index (χ0v) is 15.3. The number of nitrogen functional groups attached to an aromatic ring is 1. The second kappa shape index (κ2) is 6.51. The first-order valence-electron chi connectivity index (χ1n) is 7.43. The fourth-order valence-electron chi connectivity index (χ4n) is 2.56. The molecule has 3 rings (SSSR count). The molecule has 3 aromatic rings. The molecular formula is C17H17ClN4O2S. The smallest absolute Gasteiger partial charge is 0.310 e. The summed E-state index contributed by atoms with van der Waals surface area (Å²) < 4.78 is 27.3. The number of rotatable bonds is 4. The van der Waals surface area contributed by atoms with Crippen molar-refractivity contribution in [3.63, 3.8) is 0 Å². The van der Waals surface area contributed by atoms with Crippen LogP contribution in [0.5, 0.6) is 0 Å². The summed E-state index contributed by atoms with van der Waals surface area (Å²) in [5.74, 6) is -0.0861. The van der Waals surface area contributed by atoms with Crippen molar-refractivity contribution >= 4 is 44.4 Å². The first-order valence-corrected chi connectivity index (χ1v) is 9.27. The van der Waals surface area contributed by atoms with E-state index in [1.54, 1.807) is 12.1 Å². The van der Waals surface area contributed by atoms with E-state index in [9.17, 15) is 8.42 Å². The third kappa shape index (κ3) is 3.02. The predicted octanol–water partition coefficient (Wildman–Crippen LogP) is 2.90. The summed E-state index contributed by atoms with van der Waals surface area (Å²) in [7, 11) is -0.909. The monoisotopic (exact) mass is 376 g/mol. The third-order valence-corrected chi connectivity index (χ3v) is 5.82. The Balaban J connectivity index is 2.24. The minimum atomic E-state index is -3.79. The van der Waals surface area contributed by atoms with E-state index in [-0.39, 0.29) is 5.95 Å². The number of aromatic nitrogens is 2. The van der Waals surface area contributed by atoms with Crippen LogP contribution >= 0.6 is 11.6 Å². The summed E-state index contributed by atoms with van der Waals surface area (Å²) in [6.07, 6.45) is 0. The molecule has 0 saturated carbocycles. The number of halogens is 1. The highest BCUT2D eigenvalue weighted by molar-refractivity contribution is 7.87. The Morgan fingerprint density at radius 1 is 1.16 bits per heavy atom. The number of hydrogen-bond donors (Lipinski definition) is 1. The van der Waals surface area contributed by atoms with E-state index in [2.05, 4.69) is 4.98 Å². The molecule has 0 aliphatic carbocycles. The van der Waals surface area contributed by atoms with Crippen molar-refractivity contribution in [2.24, 2.45) is 0 Å². The Morgan fingerprint density at radius 3 is 2.44 bits per heavy atom. The van der Waals surface area contributed by atoms with Gasteiger partial charge in [-0.1, -0.05) is 48.0 Å². The van der Waals surface area contributed by atoms with Gasteiger partial charge in [0.05, 0.1) is 11.0 Å². The average molecular weight is 377 g/mol. The van der Waals surface area contributed by atoms with Gasteiger partial charge in [-0.15, -0.1) is 0 Å². The molecule has 0 aliphatic rings. The van der Waals surface area contributed by atoms with E-state index in [0.717, 1.165) is 25.0 Å². The summed E-state index contributed by atoms with van der Waals surface area (Å²) in [5, 5.41) is 0. The van der Waals surface area contributed by atoms with E-state index in [1.807, 2.05) is 36.4 Å². The Kier molecular flexibility index (Phi) is 4.55. The van der Waals surface area contributed by atoms with Gasteiger partial charge in [0.1, 0.15) is 0 Å².